The predicted octanol–water partition coefficient (Wildman–Crippen LogP) is 0.345. The first-order chi connectivity index (χ1) is 3.79. The molecule has 8 heavy (non-hydrogen) atoms. The Morgan fingerprint density at radius 2 is 2.38 bits per heavy atom. The summed E-state index contributed by atoms with van der Waals surface area (Å²) in [6.07, 6.45) is 1.14. The van der Waals surface area contributed by atoms with Gasteiger partial charge >= 0.3 is 5.63 Å². The maximum Gasteiger partial charge on any atom is 0.339 e. The fraction of sp³-hybridized carbons (Fsp3) is 0. The van der Waals surface area contributed by atoms with E-state index in [0.29, 0.717) is 0 Å². The minimum absolute atomic E-state index is 0.0683. The van der Waals surface area contributed by atoms with Gasteiger partial charge in [0.1, 0.15) is 5.75 Å². The standard InChI is InChI=1S/C5H4O3/c6-4-1-2-8-5(7)3-4/h1-3,6H. The minimum atomic E-state index is -0.537. The molecule has 0 fully saturated rings. The highest BCUT2D eigenvalue weighted by atomic mass is 16.4. The lowest BCUT2D eigenvalue weighted by Gasteiger charge is -1.82. The van der Waals surface area contributed by atoms with Crippen molar-refractivity contribution in [1.29, 1.82) is 0 Å². The highest BCUT2D eigenvalue weighted by Gasteiger charge is 1.85. The summed E-state index contributed by atoms with van der Waals surface area (Å²) in [6, 6.07) is 2.29. The van der Waals surface area contributed by atoms with Crippen LogP contribution in [-0.2, 0) is 0 Å². The molecule has 0 aromatic carbocycles. The lowest BCUT2D eigenvalue weighted by atomic mass is 10.5. The zero-order valence-electron chi connectivity index (χ0n) is 4.00. The number of aromatic hydroxyl groups is 1. The summed E-state index contributed by atoms with van der Waals surface area (Å²) in [6.45, 7) is 0. The molecular weight excluding hydrogens is 108 g/mol. The third kappa shape index (κ3) is 0.872. The number of rotatable bonds is 0. The van der Waals surface area contributed by atoms with Crippen molar-refractivity contribution in [3.8, 4) is 5.75 Å². The van der Waals surface area contributed by atoms with Crippen LogP contribution in [0.1, 0.15) is 0 Å². The molecule has 1 aromatic rings. The second-order valence-electron chi connectivity index (χ2n) is 1.31. The monoisotopic (exact) mass is 112 g/mol. The van der Waals surface area contributed by atoms with Crippen LogP contribution in [0.25, 0.3) is 0 Å². The Bertz CT molecular complexity index is 225. The van der Waals surface area contributed by atoms with Gasteiger partial charge in [-0.2, -0.15) is 0 Å². The van der Waals surface area contributed by atoms with Crippen LogP contribution >= 0.6 is 0 Å². The molecule has 1 heterocycles. The maximum atomic E-state index is 10.2. The highest BCUT2D eigenvalue weighted by molar-refractivity contribution is 5.12. The van der Waals surface area contributed by atoms with Crippen LogP contribution in [0.3, 0.4) is 0 Å². The van der Waals surface area contributed by atoms with E-state index in [9.17, 15) is 4.79 Å². The summed E-state index contributed by atoms with van der Waals surface area (Å²) in [7, 11) is 0. The van der Waals surface area contributed by atoms with Crippen molar-refractivity contribution in [3.63, 3.8) is 0 Å². The first-order valence-corrected chi connectivity index (χ1v) is 2.07. The van der Waals surface area contributed by atoms with Gasteiger partial charge < -0.3 is 9.52 Å². The Hall–Kier alpha value is -1.25. The smallest absolute Gasteiger partial charge is 0.339 e. The summed E-state index contributed by atoms with van der Waals surface area (Å²) >= 11 is 0. The van der Waals surface area contributed by atoms with Crippen LogP contribution in [-0.4, -0.2) is 5.11 Å². The van der Waals surface area contributed by atoms with E-state index >= 15 is 0 Å². The van der Waals surface area contributed by atoms with Gasteiger partial charge in [0.15, 0.2) is 0 Å². The first kappa shape index (κ1) is 4.90. The van der Waals surface area contributed by atoms with Crippen molar-refractivity contribution in [3.05, 3.63) is 28.8 Å². The fourth-order valence-corrected chi connectivity index (χ4v) is 0.374. The molecule has 1 rings (SSSR count). The Kier molecular flexibility index (Phi) is 1.04. The molecule has 0 atom stereocenters. The summed E-state index contributed by atoms with van der Waals surface area (Å²) in [5, 5.41) is 8.55. The Balaban J connectivity index is 3.28. The van der Waals surface area contributed by atoms with Gasteiger partial charge in [0, 0.05) is 6.07 Å². The Labute approximate surface area is 45.2 Å². The van der Waals surface area contributed by atoms with Gasteiger partial charge in [0.25, 0.3) is 0 Å². The third-order valence-corrected chi connectivity index (χ3v) is 0.689. The van der Waals surface area contributed by atoms with E-state index in [1.165, 1.54) is 6.07 Å². The average Bonchev–Trinajstić information content (AvgIpc) is 1.64. The molecule has 0 saturated heterocycles. The Morgan fingerprint density at radius 1 is 1.62 bits per heavy atom. The summed E-state index contributed by atoms with van der Waals surface area (Å²) in [4.78, 5) is 10.2. The molecule has 0 unspecified atom stereocenters. The van der Waals surface area contributed by atoms with E-state index in [-0.39, 0.29) is 5.75 Å². The van der Waals surface area contributed by atoms with Crippen LogP contribution in [0.15, 0.2) is 27.6 Å². The second kappa shape index (κ2) is 1.69. The van der Waals surface area contributed by atoms with Crippen molar-refractivity contribution < 1.29 is 9.52 Å². The average molecular weight is 112 g/mol. The predicted molar refractivity (Wildman–Crippen MR) is 26.6 cm³/mol. The number of hydrogen-bond donors (Lipinski definition) is 1. The van der Waals surface area contributed by atoms with Crippen molar-refractivity contribution in [2.45, 2.75) is 0 Å². The molecule has 0 amide bonds. The summed E-state index contributed by atoms with van der Waals surface area (Å²) in [5.74, 6) is -0.0683. The molecule has 1 N–H and O–H groups in total. The largest absolute Gasteiger partial charge is 0.508 e. The van der Waals surface area contributed by atoms with Crippen LogP contribution in [0.2, 0.25) is 0 Å². The lowest BCUT2D eigenvalue weighted by molar-refractivity contribution is 0.447. The molecule has 0 aliphatic carbocycles. The zero-order chi connectivity index (χ0) is 5.98. The SMILES string of the molecule is O=c1cc(O)cco1. The molecule has 0 spiro atoms. The summed E-state index contributed by atoms with van der Waals surface area (Å²) < 4.78 is 4.29. The quantitative estimate of drug-likeness (QED) is 0.526. The van der Waals surface area contributed by atoms with Gasteiger partial charge in [-0.3, -0.25) is 0 Å². The lowest BCUT2D eigenvalue weighted by Crippen LogP contribution is -1.91. The van der Waals surface area contributed by atoms with E-state index < -0.39 is 5.63 Å². The van der Waals surface area contributed by atoms with E-state index in [4.69, 9.17) is 5.11 Å². The van der Waals surface area contributed by atoms with Crippen LogP contribution in [0.5, 0.6) is 5.75 Å². The second-order valence-corrected chi connectivity index (χ2v) is 1.31. The molecule has 3 nitrogen and oxygen atoms in total. The minimum Gasteiger partial charge on any atom is -0.508 e. The van der Waals surface area contributed by atoms with E-state index in [2.05, 4.69) is 4.42 Å². The molecule has 0 saturated carbocycles. The molecule has 0 bridgehead atoms. The van der Waals surface area contributed by atoms with Crippen LogP contribution < -0.4 is 5.63 Å². The van der Waals surface area contributed by atoms with Crippen LogP contribution in [0, 0.1) is 0 Å². The van der Waals surface area contributed by atoms with Gasteiger partial charge in [-0.1, -0.05) is 0 Å². The molecule has 42 valence electrons. The van der Waals surface area contributed by atoms with Crippen molar-refractivity contribution in [2.24, 2.45) is 0 Å². The topological polar surface area (TPSA) is 50.4 Å². The zero-order valence-corrected chi connectivity index (χ0v) is 4.00. The van der Waals surface area contributed by atoms with Gasteiger partial charge in [-0.25, -0.2) is 4.79 Å². The fourth-order valence-electron chi connectivity index (χ4n) is 0.374. The van der Waals surface area contributed by atoms with E-state index in [1.54, 1.807) is 0 Å². The Morgan fingerprint density at radius 3 is 2.75 bits per heavy atom. The molecular formula is C5H4O3. The number of hydrogen-bond acceptors (Lipinski definition) is 3. The van der Waals surface area contributed by atoms with Crippen molar-refractivity contribution >= 4 is 0 Å². The van der Waals surface area contributed by atoms with Gasteiger partial charge in [-0.05, 0) is 0 Å². The third-order valence-electron chi connectivity index (χ3n) is 0.689. The molecule has 1 aromatic heterocycles. The summed E-state index contributed by atoms with van der Waals surface area (Å²) in [5.41, 5.74) is -0.537. The normalized spacial score (nSPS) is 9.00. The highest BCUT2D eigenvalue weighted by Crippen LogP contribution is 1.98. The van der Waals surface area contributed by atoms with Gasteiger partial charge in [0.2, 0.25) is 0 Å². The van der Waals surface area contributed by atoms with Gasteiger partial charge in [0.05, 0.1) is 12.3 Å². The molecule has 3 heteroatoms. The maximum absolute atomic E-state index is 10.2. The molecule has 0 radical (unpaired) electrons. The molecule has 0 aliphatic heterocycles. The van der Waals surface area contributed by atoms with E-state index in [0.717, 1.165) is 12.3 Å². The van der Waals surface area contributed by atoms with Crippen molar-refractivity contribution in [1.82, 2.24) is 0 Å². The van der Waals surface area contributed by atoms with E-state index in [1.807, 2.05) is 0 Å². The van der Waals surface area contributed by atoms with Crippen LogP contribution in [0.4, 0.5) is 0 Å². The van der Waals surface area contributed by atoms with Crippen molar-refractivity contribution in [2.75, 3.05) is 0 Å². The first-order valence-electron chi connectivity index (χ1n) is 2.07. The molecule has 0 aliphatic rings. The van der Waals surface area contributed by atoms with Gasteiger partial charge in [-0.15, -0.1) is 0 Å².